The topological polar surface area (TPSA) is 86.7 Å². The van der Waals surface area contributed by atoms with Crippen molar-refractivity contribution >= 4 is 20.2 Å². The monoisotopic (exact) mass is 350 g/mol. The first-order valence-corrected chi connectivity index (χ1v) is 9.46. The van der Waals surface area contributed by atoms with Gasteiger partial charge in [-0.2, -0.15) is 16.8 Å². The molecule has 1 rings (SSSR count). The zero-order valence-corrected chi connectivity index (χ0v) is 15.2. The van der Waals surface area contributed by atoms with Gasteiger partial charge in [0.1, 0.15) is 9.79 Å². The molecule has 0 aliphatic heterocycles. The van der Waals surface area contributed by atoms with Crippen molar-refractivity contribution in [2.24, 2.45) is 0 Å². The fourth-order valence-corrected chi connectivity index (χ4v) is 4.84. The fourth-order valence-electron chi connectivity index (χ4n) is 1.61. The van der Waals surface area contributed by atoms with E-state index in [4.69, 9.17) is 8.37 Å². The van der Waals surface area contributed by atoms with E-state index in [2.05, 4.69) is 0 Å². The minimum Gasteiger partial charge on any atom is -0.261 e. The zero-order valence-electron chi connectivity index (χ0n) is 13.6. The van der Waals surface area contributed by atoms with Crippen molar-refractivity contribution in [1.82, 2.24) is 0 Å². The normalized spacial score (nSPS) is 14.1. The number of benzene rings is 1. The van der Waals surface area contributed by atoms with Gasteiger partial charge < -0.3 is 0 Å². The summed E-state index contributed by atoms with van der Waals surface area (Å²) in [6.45, 7) is 9.38. The lowest BCUT2D eigenvalue weighted by Crippen LogP contribution is -2.27. The second kappa shape index (κ2) is 5.92. The van der Waals surface area contributed by atoms with E-state index in [0.29, 0.717) is 0 Å². The molecule has 0 fully saturated rings. The molecular weight excluding hydrogens is 328 g/mol. The third-order valence-electron chi connectivity index (χ3n) is 2.11. The summed E-state index contributed by atoms with van der Waals surface area (Å²) >= 11 is 0. The van der Waals surface area contributed by atoms with Crippen molar-refractivity contribution in [3.63, 3.8) is 0 Å². The minimum atomic E-state index is -4.25. The molecule has 22 heavy (non-hydrogen) atoms. The summed E-state index contributed by atoms with van der Waals surface area (Å²) < 4.78 is 59.4. The first-order valence-electron chi connectivity index (χ1n) is 6.64. The largest absolute Gasteiger partial charge is 0.298 e. The van der Waals surface area contributed by atoms with Crippen LogP contribution in [0.4, 0.5) is 0 Å². The summed E-state index contributed by atoms with van der Waals surface area (Å²) in [4.78, 5) is -0.872. The van der Waals surface area contributed by atoms with Crippen molar-refractivity contribution in [3.05, 3.63) is 24.3 Å². The van der Waals surface area contributed by atoms with Crippen LogP contribution in [0.2, 0.25) is 0 Å². The second-order valence-electron chi connectivity index (χ2n) is 6.75. The van der Waals surface area contributed by atoms with Gasteiger partial charge in [-0.05, 0) is 53.7 Å². The van der Waals surface area contributed by atoms with Crippen LogP contribution < -0.4 is 0 Å². The summed E-state index contributed by atoms with van der Waals surface area (Å²) in [5.74, 6) is 0. The van der Waals surface area contributed by atoms with Gasteiger partial charge in [0.25, 0.3) is 20.2 Å². The molecule has 0 saturated heterocycles. The Labute approximate surface area is 132 Å². The van der Waals surface area contributed by atoms with Gasteiger partial charge in [0.2, 0.25) is 0 Å². The Bertz CT molecular complexity index is 669. The molecule has 0 N–H and O–H groups in total. The SMILES string of the molecule is CC(C)(C)OS(=O)(=O)c1ccccc1S(=O)(=O)OC(C)(C)C. The third-order valence-corrected chi connectivity index (χ3v) is 5.46. The average Bonchev–Trinajstić information content (AvgIpc) is 2.22. The molecule has 0 aromatic heterocycles. The highest BCUT2D eigenvalue weighted by atomic mass is 32.2. The Hall–Kier alpha value is -0.960. The number of rotatable bonds is 4. The van der Waals surface area contributed by atoms with Crippen LogP contribution in [0, 0.1) is 0 Å². The van der Waals surface area contributed by atoms with Crippen molar-refractivity contribution in [2.75, 3.05) is 0 Å². The predicted octanol–water partition coefficient (Wildman–Crippen LogP) is 2.69. The molecular formula is C14H22O6S2. The first-order chi connectivity index (χ1) is 9.64. The lowest BCUT2D eigenvalue weighted by atomic mass is 10.2. The molecule has 0 spiro atoms. The van der Waals surface area contributed by atoms with E-state index in [1.54, 1.807) is 41.5 Å². The fraction of sp³-hybridized carbons (Fsp3) is 0.571. The van der Waals surface area contributed by atoms with Gasteiger partial charge in [-0.3, -0.25) is 8.37 Å². The van der Waals surface area contributed by atoms with Gasteiger partial charge in [0, 0.05) is 0 Å². The summed E-state index contributed by atoms with van der Waals surface area (Å²) in [6.07, 6.45) is 0. The van der Waals surface area contributed by atoms with Crippen LogP contribution in [0.5, 0.6) is 0 Å². The van der Waals surface area contributed by atoms with Crippen LogP contribution in [0.15, 0.2) is 34.1 Å². The highest BCUT2D eigenvalue weighted by Crippen LogP contribution is 2.29. The van der Waals surface area contributed by atoms with E-state index in [1.165, 1.54) is 24.3 Å². The molecule has 0 atom stereocenters. The van der Waals surface area contributed by atoms with Crippen molar-refractivity contribution in [2.45, 2.75) is 62.5 Å². The van der Waals surface area contributed by atoms with E-state index in [1.807, 2.05) is 0 Å². The standard InChI is InChI=1S/C14H22O6S2/c1-13(2,3)19-21(15,16)11-9-7-8-10-12(11)22(17,18)20-14(4,5)6/h7-10H,1-6H3. The summed E-state index contributed by atoms with van der Waals surface area (Å²) in [5.41, 5.74) is -1.97. The maximum Gasteiger partial charge on any atom is 0.298 e. The smallest absolute Gasteiger partial charge is 0.261 e. The molecule has 0 saturated carbocycles. The Morgan fingerprint density at radius 2 is 0.955 bits per heavy atom. The average molecular weight is 350 g/mol. The van der Waals surface area contributed by atoms with Gasteiger partial charge in [-0.15, -0.1) is 0 Å². The Balaban J connectivity index is 3.44. The van der Waals surface area contributed by atoms with E-state index in [0.717, 1.165) is 0 Å². The third kappa shape index (κ3) is 5.35. The molecule has 0 unspecified atom stereocenters. The number of hydrogen-bond acceptors (Lipinski definition) is 6. The summed E-state index contributed by atoms with van der Waals surface area (Å²) in [5, 5.41) is 0. The molecule has 0 heterocycles. The molecule has 6 nitrogen and oxygen atoms in total. The van der Waals surface area contributed by atoms with Crippen molar-refractivity contribution < 1.29 is 25.2 Å². The maximum atomic E-state index is 12.3. The quantitative estimate of drug-likeness (QED) is 0.776. The van der Waals surface area contributed by atoms with Gasteiger partial charge >= 0.3 is 0 Å². The lowest BCUT2D eigenvalue weighted by Gasteiger charge is -2.22. The molecule has 0 bridgehead atoms. The van der Waals surface area contributed by atoms with Gasteiger partial charge in [-0.1, -0.05) is 12.1 Å². The molecule has 1 aromatic rings. The van der Waals surface area contributed by atoms with E-state index < -0.39 is 41.2 Å². The molecule has 0 aliphatic carbocycles. The second-order valence-corrected chi connectivity index (χ2v) is 9.78. The van der Waals surface area contributed by atoms with E-state index in [9.17, 15) is 16.8 Å². The Morgan fingerprint density at radius 3 is 1.18 bits per heavy atom. The van der Waals surface area contributed by atoms with E-state index >= 15 is 0 Å². The van der Waals surface area contributed by atoms with Gasteiger partial charge in [0.15, 0.2) is 0 Å². The molecule has 0 amide bonds. The van der Waals surface area contributed by atoms with Gasteiger partial charge in [0.05, 0.1) is 11.2 Å². The van der Waals surface area contributed by atoms with Crippen molar-refractivity contribution in [1.29, 1.82) is 0 Å². The van der Waals surface area contributed by atoms with Crippen LogP contribution in [-0.2, 0) is 28.6 Å². The molecule has 8 heteroatoms. The molecule has 1 aromatic carbocycles. The molecule has 0 aliphatic rings. The van der Waals surface area contributed by atoms with Crippen LogP contribution in [0.1, 0.15) is 41.5 Å². The summed E-state index contributed by atoms with van der Waals surface area (Å²) in [7, 11) is -8.49. The van der Waals surface area contributed by atoms with Gasteiger partial charge in [-0.25, -0.2) is 0 Å². The molecule has 126 valence electrons. The maximum absolute atomic E-state index is 12.3. The highest BCUT2D eigenvalue weighted by molar-refractivity contribution is 7.90. The lowest BCUT2D eigenvalue weighted by molar-refractivity contribution is 0.135. The highest BCUT2D eigenvalue weighted by Gasteiger charge is 2.33. The minimum absolute atomic E-state index is 0.436. The Kier molecular flexibility index (Phi) is 5.13. The van der Waals surface area contributed by atoms with Crippen LogP contribution in [0.3, 0.4) is 0 Å². The first kappa shape index (κ1) is 19.1. The van der Waals surface area contributed by atoms with Crippen LogP contribution in [-0.4, -0.2) is 28.0 Å². The molecule has 0 radical (unpaired) electrons. The van der Waals surface area contributed by atoms with E-state index in [-0.39, 0.29) is 0 Å². The number of hydrogen-bond donors (Lipinski definition) is 0. The Morgan fingerprint density at radius 1 is 0.682 bits per heavy atom. The van der Waals surface area contributed by atoms with Crippen LogP contribution >= 0.6 is 0 Å². The zero-order chi connectivity index (χ0) is 17.4. The van der Waals surface area contributed by atoms with Crippen LogP contribution in [0.25, 0.3) is 0 Å². The predicted molar refractivity (Wildman–Crippen MR) is 82.5 cm³/mol. The van der Waals surface area contributed by atoms with Crippen molar-refractivity contribution in [3.8, 4) is 0 Å². The summed E-state index contributed by atoms with van der Waals surface area (Å²) in [6, 6.07) is 5.21.